The molecule has 0 spiro atoms. The molecule has 2 fully saturated rings. The Morgan fingerprint density at radius 2 is 0.645 bits per heavy atom. The van der Waals surface area contributed by atoms with E-state index in [0.29, 0.717) is 11.8 Å². The minimum atomic E-state index is -0.836. The molecule has 17 rings (SSSR count). The van der Waals surface area contributed by atoms with Crippen molar-refractivity contribution < 1.29 is 8.83 Å². The second-order valence-electron chi connectivity index (χ2n) is 29.1. The van der Waals surface area contributed by atoms with Crippen molar-refractivity contribution >= 4 is 99.5 Å². The molecule has 0 N–H and O–H groups in total. The molecule has 458 valence electrons. The first kappa shape index (κ1) is 57.3. The predicted molar refractivity (Wildman–Crippen MR) is 392 cm³/mol. The van der Waals surface area contributed by atoms with Crippen LogP contribution in [0.3, 0.4) is 0 Å². The highest BCUT2D eigenvalue weighted by Gasteiger charge is 2.49. The minimum Gasteiger partial charge on any atom is -0.454 e. The lowest BCUT2D eigenvalue weighted by molar-refractivity contribution is 0.443. The molecular weight excluding hydrogens is 1130 g/mol. The summed E-state index contributed by atoms with van der Waals surface area (Å²) in [5.41, 5.74) is 21.6. The minimum absolute atomic E-state index is 0.136. The summed E-state index contributed by atoms with van der Waals surface area (Å²) in [6, 6.07) is 92.7. The van der Waals surface area contributed by atoms with E-state index < -0.39 is 5.41 Å². The molecule has 2 saturated carbocycles. The van der Waals surface area contributed by atoms with Crippen LogP contribution in [0.25, 0.3) is 76.5 Å². The van der Waals surface area contributed by atoms with Gasteiger partial charge in [0, 0.05) is 54.8 Å². The second kappa shape index (κ2) is 22.3. The molecule has 0 amide bonds. The van der Waals surface area contributed by atoms with Gasteiger partial charge < -0.3 is 18.6 Å². The molecule has 2 heterocycles. The number of hydrogen-bond acceptors (Lipinski definition) is 4. The predicted octanol–water partition coefficient (Wildman–Crippen LogP) is 25.8. The lowest BCUT2D eigenvalue weighted by Gasteiger charge is -2.36. The zero-order chi connectivity index (χ0) is 62.7. The third kappa shape index (κ3) is 9.21. The number of benzene rings is 12. The average Bonchev–Trinajstić information content (AvgIpc) is 1.52. The number of fused-ring (bicyclic) bond motifs is 13. The van der Waals surface area contributed by atoms with Gasteiger partial charge in [0.2, 0.25) is 0 Å². The largest absolute Gasteiger partial charge is 0.454 e. The van der Waals surface area contributed by atoms with Gasteiger partial charge in [-0.05, 0) is 152 Å². The van der Waals surface area contributed by atoms with Gasteiger partial charge in [-0.15, -0.1) is 0 Å². The molecule has 4 heteroatoms. The van der Waals surface area contributed by atoms with Crippen LogP contribution in [-0.4, -0.2) is 0 Å². The number of furan rings is 2. The van der Waals surface area contributed by atoms with Crippen LogP contribution < -0.4 is 9.80 Å². The molecule has 12 aromatic carbocycles. The summed E-state index contributed by atoms with van der Waals surface area (Å²) in [5.74, 6) is 1.13. The number of hydrogen-bond donors (Lipinski definition) is 0. The maximum Gasteiger partial charge on any atom is 0.159 e. The van der Waals surface area contributed by atoms with Crippen molar-refractivity contribution in [1.82, 2.24) is 0 Å². The number of nitrogens with zero attached hydrogens (tertiary/aromatic N) is 2. The lowest BCUT2D eigenvalue weighted by atomic mass is 9.67. The molecule has 2 aromatic heterocycles. The molecule has 93 heavy (non-hydrogen) atoms. The molecule has 0 saturated heterocycles. The number of para-hydroxylation sites is 4. The van der Waals surface area contributed by atoms with E-state index in [0.717, 1.165) is 88.8 Å². The van der Waals surface area contributed by atoms with E-state index in [4.69, 9.17) is 8.83 Å². The Bertz CT molecular complexity index is 4850. The van der Waals surface area contributed by atoms with Crippen LogP contribution in [0.2, 0.25) is 0 Å². The lowest BCUT2D eigenvalue weighted by Crippen LogP contribution is -2.29. The first-order valence-corrected chi connectivity index (χ1v) is 34.4. The molecule has 3 aliphatic carbocycles. The Labute approximate surface area is 547 Å². The molecule has 0 radical (unpaired) electrons. The normalized spacial score (nSPS) is 15.4. The van der Waals surface area contributed by atoms with E-state index >= 15 is 0 Å². The van der Waals surface area contributed by atoms with Crippen LogP contribution in [0.5, 0.6) is 0 Å². The number of anilines is 6. The summed E-state index contributed by atoms with van der Waals surface area (Å²) in [4.78, 5) is 5.08. The van der Waals surface area contributed by atoms with Gasteiger partial charge >= 0.3 is 0 Å². The van der Waals surface area contributed by atoms with E-state index in [1.165, 1.54) is 131 Å². The highest BCUT2D eigenvalue weighted by molar-refractivity contribution is 6.20. The van der Waals surface area contributed by atoms with Gasteiger partial charge in [0.25, 0.3) is 0 Å². The van der Waals surface area contributed by atoms with Crippen molar-refractivity contribution in [2.75, 3.05) is 9.80 Å². The van der Waals surface area contributed by atoms with Gasteiger partial charge in [-0.3, -0.25) is 0 Å². The zero-order valence-electron chi connectivity index (χ0n) is 54.5. The van der Waals surface area contributed by atoms with Crippen LogP contribution in [0.1, 0.15) is 162 Å². The first-order valence-electron chi connectivity index (χ1n) is 34.4. The molecular formula is C89H80N2O2. The summed E-state index contributed by atoms with van der Waals surface area (Å²) < 4.78 is 14.8. The Morgan fingerprint density at radius 1 is 0.312 bits per heavy atom. The van der Waals surface area contributed by atoms with Gasteiger partial charge in [-0.2, -0.15) is 0 Å². The Kier molecular flexibility index (Phi) is 13.7. The van der Waals surface area contributed by atoms with Crippen LogP contribution in [-0.2, 0) is 16.2 Å². The fraction of sp³-hybridized carbons (Fsp3) is 0.236. The smallest absolute Gasteiger partial charge is 0.159 e. The van der Waals surface area contributed by atoms with E-state index in [2.05, 4.69) is 294 Å². The Morgan fingerprint density at radius 3 is 1.02 bits per heavy atom. The first-order chi connectivity index (χ1) is 45.4. The topological polar surface area (TPSA) is 32.8 Å². The molecule has 0 atom stereocenters. The standard InChI is InChI=1S/C89H80N2O2/c1-87(2,3)73-43-23-39-69-71-41-25-45-77(85(71)92-83(69)73)90(63-51-47-59(48-52-63)57-27-11-7-12-28-57)79-55-75-81(67-37-21-19-35-65(67)79)82-68-38-22-20-36-66(68)80(56-76(82)89(75,61-31-15-9-16-32-61)62-33-17-10-18-34-62)91(64-53-49-60(50-54-64)58-29-13-8-14-30-58)78-46-26-42-72-70-40-24-44-74(88(4,5)6)84(70)93-86(72)78/h9-10,15-26,31-58H,7-8,11-14,27-30H2,1-6H3. The quantitative estimate of drug-likeness (QED) is 0.137. The zero-order valence-corrected chi connectivity index (χ0v) is 54.5. The molecule has 0 aliphatic heterocycles. The summed E-state index contributed by atoms with van der Waals surface area (Å²) >= 11 is 0. The van der Waals surface area contributed by atoms with Crippen molar-refractivity contribution in [3.63, 3.8) is 0 Å². The van der Waals surface area contributed by atoms with Crippen molar-refractivity contribution in [2.24, 2.45) is 0 Å². The summed E-state index contributed by atoms with van der Waals surface area (Å²) in [6.07, 6.45) is 12.8. The SMILES string of the molecule is CC(C)(C)c1cccc2c1oc1c(N(c3ccc(C4CCCCC4)cc3)c3cc4c(c5ccccc35)-c3c(cc(N(c5ccc(C6CCCCC6)cc5)c5cccc6c5oc5c(C(C)(C)C)cccc56)c5ccccc35)C4(c3ccccc3)c3ccccc3)cccc12. The van der Waals surface area contributed by atoms with E-state index in [-0.39, 0.29) is 10.8 Å². The van der Waals surface area contributed by atoms with Gasteiger partial charge in [-0.25, -0.2) is 0 Å². The summed E-state index contributed by atoms with van der Waals surface area (Å²) in [7, 11) is 0. The maximum atomic E-state index is 7.42. The van der Waals surface area contributed by atoms with Crippen molar-refractivity contribution in [2.45, 2.75) is 134 Å². The van der Waals surface area contributed by atoms with Crippen molar-refractivity contribution in [3.05, 3.63) is 287 Å². The number of rotatable bonds is 10. The fourth-order valence-corrected chi connectivity index (χ4v) is 17.1. The maximum absolute atomic E-state index is 7.42. The van der Waals surface area contributed by atoms with E-state index in [1.54, 1.807) is 0 Å². The Balaban J connectivity index is 0.979. The van der Waals surface area contributed by atoms with Gasteiger partial charge in [0.15, 0.2) is 11.2 Å². The van der Waals surface area contributed by atoms with Crippen LogP contribution in [0.15, 0.2) is 251 Å². The Hall–Kier alpha value is -9.64. The summed E-state index contributed by atoms with van der Waals surface area (Å²) in [6.45, 7) is 13.7. The molecule has 14 aromatic rings. The van der Waals surface area contributed by atoms with Gasteiger partial charge in [0.05, 0.1) is 28.2 Å². The third-order valence-electron chi connectivity index (χ3n) is 21.6. The van der Waals surface area contributed by atoms with Gasteiger partial charge in [-0.1, -0.05) is 274 Å². The highest BCUT2D eigenvalue weighted by atomic mass is 16.3. The molecule has 3 aliphatic rings. The summed E-state index contributed by atoms with van der Waals surface area (Å²) in [5, 5.41) is 9.22. The molecule has 0 bridgehead atoms. The van der Waals surface area contributed by atoms with Gasteiger partial charge in [0.1, 0.15) is 11.2 Å². The van der Waals surface area contributed by atoms with Crippen LogP contribution in [0.4, 0.5) is 34.1 Å². The van der Waals surface area contributed by atoms with Crippen LogP contribution in [0, 0.1) is 0 Å². The monoisotopic (exact) mass is 1210 g/mol. The second-order valence-corrected chi connectivity index (χ2v) is 29.1. The average molecular weight is 1210 g/mol. The highest BCUT2D eigenvalue weighted by Crippen LogP contribution is 2.63. The van der Waals surface area contributed by atoms with E-state index in [9.17, 15) is 0 Å². The van der Waals surface area contributed by atoms with Crippen molar-refractivity contribution in [3.8, 4) is 11.1 Å². The molecule has 4 nitrogen and oxygen atoms in total. The fourth-order valence-electron chi connectivity index (χ4n) is 17.1. The van der Waals surface area contributed by atoms with E-state index in [1.807, 2.05) is 0 Å². The van der Waals surface area contributed by atoms with Crippen molar-refractivity contribution in [1.29, 1.82) is 0 Å². The van der Waals surface area contributed by atoms with Crippen LogP contribution >= 0.6 is 0 Å². The third-order valence-corrected chi connectivity index (χ3v) is 21.6. The molecule has 0 unspecified atom stereocenters.